The molecule has 1 aliphatic rings. The summed E-state index contributed by atoms with van der Waals surface area (Å²) >= 11 is 0. The molecular formula is C61H44N2. The van der Waals surface area contributed by atoms with Crippen LogP contribution in [0.1, 0.15) is 30.5 Å². The van der Waals surface area contributed by atoms with Crippen molar-refractivity contribution in [2.24, 2.45) is 0 Å². The van der Waals surface area contributed by atoms with Crippen molar-refractivity contribution in [3.05, 3.63) is 236 Å². The van der Waals surface area contributed by atoms with E-state index < -0.39 is 0 Å². The van der Waals surface area contributed by atoms with Gasteiger partial charge in [0.25, 0.3) is 0 Å². The Hall–Kier alpha value is -7.94. The number of hydrogen-bond acceptors (Lipinski definition) is 0. The van der Waals surface area contributed by atoms with Crippen LogP contribution in [0.5, 0.6) is 0 Å². The van der Waals surface area contributed by atoms with Gasteiger partial charge in [-0.3, -0.25) is 0 Å². The van der Waals surface area contributed by atoms with Gasteiger partial charge in [0.2, 0.25) is 0 Å². The van der Waals surface area contributed by atoms with E-state index in [0.717, 1.165) is 6.42 Å². The van der Waals surface area contributed by atoms with Gasteiger partial charge in [0.1, 0.15) is 0 Å². The standard InChI is InChI=1S/C61H44N2/c1-41-14-9-27-57-56-35-34-53(62-58-28-7-5-25-54(58)55-26-6-8-29-59(55)62)40-60(56)63(61(41)57)52-24-13-23-51(39-52)50-22-12-19-47(38-50)44-32-30-43(31-33-44)46-18-11-21-49(37-46)48-20-10-17-45(36-48)42-15-3-2-4-16-42/h2-13,15-41H,14H2,1H3. The summed E-state index contributed by atoms with van der Waals surface area (Å²) in [6.45, 7) is 2.37. The van der Waals surface area contributed by atoms with E-state index in [2.05, 4.69) is 247 Å². The zero-order chi connectivity index (χ0) is 41.9. The molecule has 0 spiro atoms. The van der Waals surface area contributed by atoms with Crippen molar-refractivity contribution in [2.75, 3.05) is 0 Å². The number of para-hydroxylation sites is 2. The minimum Gasteiger partial charge on any atom is -0.313 e. The van der Waals surface area contributed by atoms with Crippen molar-refractivity contribution >= 4 is 38.8 Å². The van der Waals surface area contributed by atoms with Gasteiger partial charge in [-0.2, -0.15) is 0 Å². The maximum absolute atomic E-state index is 2.54. The average molecular weight is 805 g/mol. The minimum absolute atomic E-state index is 0.386. The van der Waals surface area contributed by atoms with Crippen LogP contribution < -0.4 is 0 Å². The second-order valence-electron chi connectivity index (χ2n) is 17.0. The lowest BCUT2D eigenvalue weighted by atomic mass is 9.93. The van der Waals surface area contributed by atoms with Crippen LogP contribution >= 0.6 is 0 Å². The summed E-state index contributed by atoms with van der Waals surface area (Å²) in [5, 5.41) is 3.84. The summed E-state index contributed by atoms with van der Waals surface area (Å²) in [5.41, 5.74) is 20.9. The Kier molecular flexibility index (Phi) is 8.90. The summed E-state index contributed by atoms with van der Waals surface area (Å²) in [7, 11) is 0. The summed E-state index contributed by atoms with van der Waals surface area (Å²) in [4.78, 5) is 0. The molecule has 0 saturated heterocycles. The molecule has 0 bridgehead atoms. The summed E-state index contributed by atoms with van der Waals surface area (Å²) in [6.07, 6.45) is 5.71. The number of rotatable bonds is 7. The molecule has 298 valence electrons. The van der Waals surface area contributed by atoms with E-state index in [1.54, 1.807) is 0 Å². The number of allylic oxidation sites excluding steroid dienone is 1. The van der Waals surface area contributed by atoms with E-state index in [0.29, 0.717) is 5.92 Å². The van der Waals surface area contributed by atoms with E-state index in [1.807, 2.05) is 0 Å². The molecule has 1 atom stereocenters. The fourth-order valence-electron chi connectivity index (χ4n) is 10.0. The Morgan fingerprint density at radius 1 is 0.333 bits per heavy atom. The lowest BCUT2D eigenvalue weighted by Gasteiger charge is -2.20. The summed E-state index contributed by atoms with van der Waals surface area (Å²) < 4.78 is 4.97. The topological polar surface area (TPSA) is 9.86 Å². The maximum atomic E-state index is 2.54. The molecule has 2 nitrogen and oxygen atoms in total. The molecular weight excluding hydrogens is 761 g/mol. The van der Waals surface area contributed by atoms with Crippen molar-refractivity contribution in [1.82, 2.24) is 9.13 Å². The molecule has 1 aliphatic carbocycles. The zero-order valence-electron chi connectivity index (χ0n) is 35.1. The van der Waals surface area contributed by atoms with Gasteiger partial charge in [-0.25, -0.2) is 0 Å². The molecule has 2 heteroatoms. The van der Waals surface area contributed by atoms with Crippen LogP contribution in [0, 0.1) is 0 Å². The van der Waals surface area contributed by atoms with E-state index in [9.17, 15) is 0 Å². The highest BCUT2D eigenvalue weighted by Gasteiger charge is 2.24. The van der Waals surface area contributed by atoms with E-state index >= 15 is 0 Å². The second-order valence-corrected chi connectivity index (χ2v) is 17.0. The highest BCUT2D eigenvalue weighted by atomic mass is 15.0. The molecule has 1 unspecified atom stereocenters. The Bertz CT molecular complexity index is 3490. The van der Waals surface area contributed by atoms with Crippen molar-refractivity contribution in [3.63, 3.8) is 0 Å². The molecule has 11 aromatic rings. The molecule has 0 fully saturated rings. The van der Waals surface area contributed by atoms with Gasteiger partial charge >= 0.3 is 0 Å². The SMILES string of the molecule is CC1CC=Cc2c1n(-c1cccc(-c3cccc(-c4ccc(-c5cccc(-c6cccc(-c7ccccc7)c6)c5)cc4)c3)c1)c1cc(-n3c4ccccc4c4ccccc43)ccc21. The van der Waals surface area contributed by atoms with Crippen LogP contribution in [-0.4, -0.2) is 9.13 Å². The number of hydrogen-bond donors (Lipinski definition) is 0. The molecule has 12 rings (SSSR count). The van der Waals surface area contributed by atoms with Gasteiger partial charge in [-0.15, -0.1) is 0 Å². The van der Waals surface area contributed by atoms with Crippen molar-refractivity contribution < 1.29 is 0 Å². The van der Waals surface area contributed by atoms with Crippen molar-refractivity contribution in [1.29, 1.82) is 0 Å². The Morgan fingerprint density at radius 3 is 1.35 bits per heavy atom. The minimum atomic E-state index is 0.386. The Labute approximate surface area is 368 Å². The number of aromatic nitrogens is 2. The normalized spacial score (nSPS) is 13.5. The molecule has 0 aliphatic heterocycles. The second kappa shape index (κ2) is 15.2. The largest absolute Gasteiger partial charge is 0.313 e. The third kappa shape index (κ3) is 6.42. The van der Waals surface area contributed by atoms with Crippen molar-refractivity contribution in [2.45, 2.75) is 19.3 Å². The lowest BCUT2D eigenvalue weighted by molar-refractivity contribution is 0.723. The number of fused-ring (bicyclic) bond motifs is 6. The van der Waals surface area contributed by atoms with Crippen LogP contribution in [0.25, 0.3) is 106 Å². The van der Waals surface area contributed by atoms with E-state index in [1.165, 1.54) is 111 Å². The highest BCUT2D eigenvalue weighted by molar-refractivity contribution is 6.09. The first-order chi connectivity index (χ1) is 31.1. The predicted octanol–water partition coefficient (Wildman–Crippen LogP) is 16.6. The van der Waals surface area contributed by atoms with Crippen LogP contribution in [-0.2, 0) is 0 Å². The van der Waals surface area contributed by atoms with Gasteiger partial charge in [-0.05, 0) is 117 Å². The van der Waals surface area contributed by atoms with Crippen LogP contribution in [0.15, 0.2) is 224 Å². The van der Waals surface area contributed by atoms with Gasteiger partial charge in [-0.1, -0.05) is 183 Å². The first-order valence-corrected chi connectivity index (χ1v) is 22.1. The van der Waals surface area contributed by atoms with Crippen LogP contribution in [0.3, 0.4) is 0 Å². The molecule has 63 heavy (non-hydrogen) atoms. The zero-order valence-corrected chi connectivity index (χ0v) is 35.1. The first kappa shape index (κ1) is 36.9. The molecule has 0 radical (unpaired) electrons. The van der Waals surface area contributed by atoms with Gasteiger partial charge in [0.05, 0.1) is 16.6 Å². The number of nitrogens with zero attached hydrogens (tertiary/aromatic N) is 2. The molecule has 0 saturated carbocycles. The highest BCUT2D eigenvalue weighted by Crippen LogP contribution is 2.42. The van der Waals surface area contributed by atoms with Gasteiger partial charge < -0.3 is 9.13 Å². The quantitative estimate of drug-likeness (QED) is 0.152. The van der Waals surface area contributed by atoms with E-state index in [-0.39, 0.29) is 0 Å². The molecule has 0 amide bonds. The fourth-order valence-corrected chi connectivity index (χ4v) is 10.0. The monoisotopic (exact) mass is 804 g/mol. The Balaban J connectivity index is 0.887. The Morgan fingerprint density at radius 2 is 0.778 bits per heavy atom. The molecule has 0 N–H and O–H groups in total. The third-order valence-electron chi connectivity index (χ3n) is 13.1. The molecule has 2 aromatic heterocycles. The number of benzene rings is 9. The predicted molar refractivity (Wildman–Crippen MR) is 267 cm³/mol. The van der Waals surface area contributed by atoms with Crippen molar-refractivity contribution in [3.8, 4) is 67.0 Å². The van der Waals surface area contributed by atoms with Gasteiger partial charge in [0, 0.05) is 44.7 Å². The van der Waals surface area contributed by atoms with Crippen LogP contribution in [0.2, 0.25) is 0 Å². The molecule has 9 aromatic carbocycles. The van der Waals surface area contributed by atoms with E-state index in [4.69, 9.17) is 0 Å². The smallest absolute Gasteiger partial charge is 0.0558 e. The lowest BCUT2D eigenvalue weighted by Crippen LogP contribution is -2.07. The molecule has 2 heterocycles. The van der Waals surface area contributed by atoms with Gasteiger partial charge in [0.15, 0.2) is 0 Å². The summed E-state index contributed by atoms with van der Waals surface area (Å²) in [6, 6.07) is 80.0. The van der Waals surface area contributed by atoms with Crippen LogP contribution in [0.4, 0.5) is 0 Å². The average Bonchev–Trinajstić information content (AvgIpc) is 3.88. The maximum Gasteiger partial charge on any atom is 0.0558 e. The third-order valence-corrected chi connectivity index (χ3v) is 13.1. The summed E-state index contributed by atoms with van der Waals surface area (Å²) in [5.74, 6) is 0.386. The fraction of sp³-hybridized carbons (Fsp3) is 0.0492. The first-order valence-electron chi connectivity index (χ1n) is 22.1.